The van der Waals surface area contributed by atoms with E-state index in [2.05, 4.69) is 11.8 Å². The van der Waals surface area contributed by atoms with Crippen molar-refractivity contribution in [2.45, 2.75) is 18.3 Å². The molecule has 0 amide bonds. The topological polar surface area (TPSA) is 54.4 Å². The van der Waals surface area contributed by atoms with Gasteiger partial charge < -0.3 is 5.11 Å². The number of hydrogen-bond acceptors (Lipinski definition) is 2. The Labute approximate surface area is 93.1 Å². The van der Waals surface area contributed by atoms with E-state index in [0.717, 1.165) is 5.56 Å². The van der Waals surface area contributed by atoms with Crippen LogP contribution in [0.3, 0.4) is 0 Å². The van der Waals surface area contributed by atoms with Crippen LogP contribution in [0.5, 0.6) is 0 Å². The Balaban J connectivity index is 2.49. The lowest BCUT2D eigenvalue weighted by molar-refractivity contribution is -0.140. The number of aldehydes is 1. The van der Waals surface area contributed by atoms with Gasteiger partial charge in [-0.05, 0) is 30.4 Å². The van der Waals surface area contributed by atoms with Gasteiger partial charge in [-0.1, -0.05) is 24.1 Å². The first-order chi connectivity index (χ1) is 7.70. The largest absolute Gasteiger partial charge is 0.481 e. The Morgan fingerprint density at radius 1 is 1.38 bits per heavy atom. The zero-order chi connectivity index (χ0) is 11.6. The third-order valence-corrected chi connectivity index (χ3v) is 2.87. The molecule has 1 saturated carbocycles. The lowest BCUT2D eigenvalue weighted by Crippen LogP contribution is -2.20. The molecule has 1 aliphatic rings. The minimum atomic E-state index is -0.812. The zero-order valence-corrected chi connectivity index (χ0v) is 8.56. The molecule has 1 aromatic rings. The number of carbonyl (C=O) groups excluding carboxylic acids is 1. The molecule has 0 heterocycles. The van der Waals surface area contributed by atoms with E-state index in [1.807, 2.05) is 0 Å². The first-order valence-electron chi connectivity index (χ1n) is 4.99. The number of rotatable bonds is 2. The van der Waals surface area contributed by atoms with Crippen molar-refractivity contribution >= 4 is 12.3 Å². The maximum atomic E-state index is 11.2. The second-order valence-electron chi connectivity index (χ2n) is 3.82. The predicted octanol–water partition coefficient (Wildman–Crippen LogP) is 1.35. The summed E-state index contributed by atoms with van der Waals surface area (Å²) in [7, 11) is 0. The number of carboxylic acid groups (broad SMARTS) is 1. The second-order valence-corrected chi connectivity index (χ2v) is 3.82. The van der Waals surface area contributed by atoms with E-state index in [1.165, 1.54) is 0 Å². The highest BCUT2D eigenvalue weighted by Crippen LogP contribution is 2.49. The molecule has 16 heavy (non-hydrogen) atoms. The van der Waals surface area contributed by atoms with Crippen LogP contribution in [0, 0.1) is 11.8 Å². The maximum Gasteiger partial charge on any atom is 0.314 e. The van der Waals surface area contributed by atoms with Crippen molar-refractivity contribution in [3.05, 3.63) is 35.4 Å². The van der Waals surface area contributed by atoms with E-state index in [1.54, 1.807) is 24.3 Å². The van der Waals surface area contributed by atoms with E-state index in [4.69, 9.17) is 0 Å². The van der Waals surface area contributed by atoms with Crippen molar-refractivity contribution < 1.29 is 14.7 Å². The number of carboxylic acids is 1. The summed E-state index contributed by atoms with van der Waals surface area (Å²) in [6.07, 6.45) is 1.79. The molecular weight excluding hydrogens is 204 g/mol. The number of hydrogen-bond donors (Lipinski definition) is 1. The average Bonchev–Trinajstić information content (AvgIpc) is 3.08. The van der Waals surface area contributed by atoms with Gasteiger partial charge in [0.25, 0.3) is 0 Å². The molecule has 0 aromatic heterocycles. The Kier molecular flexibility index (Phi) is 2.49. The van der Waals surface area contributed by atoms with Gasteiger partial charge in [0.05, 0.1) is 5.41 Å². The summed E-state index contributed by atoms with van der Waals surface area (Å²) < 4.78 is 0. The molecule has 0 unspecified atom stereocenters. The summed E-state index contributed by atoms with van der Waals surface area (Å²) in [6.45, 7) is 0. The minimum Gasteiger partial charge on any atom is -0.481 e. The van der Waals surface area contributed by atoms with Crippen LogP contribution in [-0.2, 0) is 15.0 Å². The summed E-state index contributed by atoms with van der Waals surface area (Å²) in [5.74, 6) is 4.19. The van der Waals surface area contributed by atoms with Gasteiger partial charge in [0.2, 0.25) is 0 Å². The van der Waals surface area contributed by atoms with E-state index >= 15 is 0 Å². The summed E-state index contributed by atoms with van der Waals surface area (Å²) in [4.78, 5) is 21.4. The van der Waals surface area contributed by atoms with Gasteiger partial charge in [-0.3, -0.25) is 9.59 Å². The van der Waals surface area contributed by atoms with Gasteiger partial charge >= 0.3 is 5.97 Å². The average molecular weight is 214 g/mol. The lowest BCUT2D eigenvalue weighted by Gasteiger charge is -2.11. The summed E-state index contributed by atoms with van der Waals surface area (Å²) in [6, 6.07) is 7.10. The van der Waals surface area contributed by atoms with Crippen molar-refractivity contribution in [2.24, 2.45) is 0 Å². The summed E-state index contributed by atoms with van der Waals surface area (Å²) >= 11 is 0. The van der Waals surface area contributed by atoms with E-state index in [9.17, 15) is 14.7 Å². The molecule has 1 N–H and O–H groups in total. The van der Waals surface area contributed by atoms with Gasteiger partial charge in [0.1, 0.15) is 0 Å². The molecule has 0 atom stereocenters. The van der Waals surface area contributed by atoms with Crippen LogP contribution >= 0.6 is 0 Å². The molecule has 0 spiro atoms. The highest BCUT2D eigenvalue weighted by molar-refractivity contribution is 5.86. The van der Waals surface area contributed by atoms with Crippen molar-refractivity contribution in [3.8, 4) is 11.8 Å². The third-order valence-electron chi connectivity index (χ3n) is 2.87. The van der Waals surface area contributed by atoms with Crippen LogP contribution in [0.25, 0.3) is 0 Å². The molecule has 2 rings (SSSR count). The highest BCUT2D eigenvalue weighted by Gasteiger charge is 2.52. The number of aliphatic carboxylic acids is 1. The zero-order valence-electron chi connectivity index (χ0n) is 8.56. The molecule has 0 saturated heterocycles. The standard InChI is InChI=1S/C13H10O3/c14-9-3-5-10-4-1-2-6-11(10)13(7-8-13)12(15)16/h1-2,4,6,9H,7-8H2,(H,15,16). The Bertz CT molecular complexity index is 501. The maximum absolute atomic E-state index is 11.2. The Morgan fingerprint density at radius 2 is 2.06 bits per heavy atom. The fourth-order valence-corrected chi connectivity index (χ4v) is 1.84. The molecule has 1 aromatic carbocycles. The Morgan fingerprint density at radius 3 is 2.62 bits per heavy atom. The summed E-state index contributed by atoms with van der Waals surface area (Å²) in [5.41, 5.74) is 0.583. The lowest BCUT2D eigenvalue weighted by atomic mass is 9.91. The second kappa shape index (κ2) is 3.82. The molecule has 0 aliphatic heterocycles. The molecule has 0 bridgehead atoms. The molecule has 3 nitrogen and oxygen atoms in total. The molecule has 3 heteroatoms. The van der Waals surface area contributed by atoms with Gasteiger partial charge in [-0.25, -0.2) is 0 Å². The van der Waals surface area contributed by atoms with Crippen LogP contribution in [0.15, 0.2) is 24.3 Å². The molecule has 1 aliphatic carbocycles. The van der Waals surface area contributed by atoms with Gasteiger partial charge in [0, 0.05) is 5.56 Å². The fraction of sp³-hybridized carbons (Fsp3) is 0.231. The van der Waals surface area contributed by atoms with Crippen molar-refractivity contribution in [1.29, 1.82) is 0 Å². The number of carbonyl (C=O) groups is 2. The quantitative estimate of drug-likeness (QED) is 0.597. The monoisotopic (exact) mass is 214 g/mol. The van der Waals surface area contributed by atoms with Gasteiger partial charge in [-0.15, -0.1) is 0 Å². The molecule has 80 valence electrons. The molecule has 1 fully saturated rings. The molecular formula is C13H10O3. The highest BCUT2D eigenvalue weighted by atomic mass is 16.4. The fourth-order valence-electron chi connectivity index (χ4n) is 1.84. The smallest absolute Gasteiger partial charge is 0.314 e. The van der Waals surface area contributed by atoms with Gasteiger partial charge in [-0.2, -0.15) is 0 Å². The van der Waals surface area contributed by atoms with Crippen LogP contribution in [0.2, 0.25) is 0 Å². The van der Waals surface area contributed by atoms with Crippen LogP contribution in [0.1, 0.15) is 24.0 Å². The third kappa shape index (κ3) is 1.59. The van der Waals surface area contributed by atoms with Crippen molar-refractivity contribution in [2.75, 3.05) is 0 Å². The van der Waals surface area contributed by atoms with Crippen LogP contribution in [-0.4, -0.2) is 17.4 Å². The number of benzene rings is 1. The van der Waals surface area contributed by atoms with E-state index in [-0.39, 0.29) is 0 Å². The summed E-state index contributed by atoms with van der Waals surface area (Å²) in [5, 5.41) is 9.19. The first-order valence-corrected chi connectivity index (χ1v) is 4.99. The Hall–Kier alpha value is -2.08. The van der Waals surface area contributed by atoms with E-state index in [0.29, 0.717) is 24.7 Å². The molecule has 0 radical (unpaired) electrons. The SMILES string of the molecule is O=CC#Cc1ccccc1C1(C(=O)O)CC1. The van der Waals surface area contributed by atoms with Crippen molar-refractivity contribution in [1.82, 2.24) is 0 Å². The van der Waals surface area contributed by atoms with Crippen LogP contribution < -0.4 is 0 Å². The first kappa shape index (κ1) is 10.4. The normalized spacial score (nSPS) is 15.8. The predicted molar refractivity (Wildman–Crippen MR) is 57.9 cm³/mol. The van der Waals surface area contributed by atoms with Crippen molar-refractivity contribution in [3.63, 3.8) is 0 Å². The minimum absolute atomic E-state index is 0.511. The van der Waals surface area contributed by atoms with Gasteiger partial charge in [0.15, 0.2) is 6.29 Å². The van der Waals surface area contributed by atoms with Crippen LogP contribution in [0.4, 0.5) is 0 Å². The van der Waals surface area contributed by atoms with E-state index < -0.39 is 11.4 Å².